The maximum Gasteiger partial charge on any atom is 0.245 e. The minimum atomic E-state index is -3.73. The Balaban J connectivity index is 1.93. The highest BCUT2D eigenvalue weighted by Gasteiger charge is 2.25. The van der Waals surface area contributed by atoms with Gasteiger partial charge in [0, 0.05) is 25.5 Å². The molecule has 1 aromatic heterocycles. The molecule has 0 spiro atoms. The van der Waals surface area contributed by atoms with Gasteiger partial charge >= 0.3 is 0 Å². The molecule has 0 aliphatic heterocycles. The number of benzene rings is 2. The van der Waals surface area contributed by atoms with E-state index >= 15 is 0 Å². The van der Waals surface area contributed by atoms with E-state index in [2.05, 4.69) is 37.9 Å². The molecule has 0 saturated heterocycles. The Hall–Kier alpha value is -2.70. The molecular weight excluding hydrogens is 408 g/mol. The predicted molar refractivity (Wildman–Crippen MR) is 123 cm³/mol. The van der Waals surface area contributed by atoms with Crippen molar-refractivity contribution >= 4 is 10.0 Å². The van der Waals surface area contributed by atoms with Crippen LogP contribution >= 0.6 is 0 Å². The molecule has 3 rings (SSSR count). The van der Waals surface area contributed by atoms with Crippen LogP contribution in [0.3, 0.4) is 0 Å². The molecule has 0 amide bonds. The fourth-order valence-corrected chi connectivity index (χ4v) is 4.67. The van der Waals surface area contributed by atoms with Gasteiger partial charge in [-0.2, -0.15) is 4.31 Å². The number of rotatable bonds is 8. The Bertz CT molecular complexity index is 1090. The second kappa shape index (κ2) is 9.62. The first kappa shape index (κ1) is 23.0. The van der Waals surface area contributed by atoms with Crippen molar-refractivity contribution in [2.24, 2.45) is 0 Å². The van der Waals surface area contributed by atoms with E-state index in [0.717, 1.165) is 16.9 Å². The lowest BCUT2D eigenvalue weighted by Crippen LogP contribution is -2.30. The molecule has 0 radical (unpaired) electrons. The van der Waals surface area contributed by atoms with Crippen LogP contribution in [-0.4, -0.2) is 24.3 Å². The number of hydrogen-bond donors (Lipinski definition) is 0. The van der Waals surface area contributed by atoms with Gasteiger partial charge in [-0.25, -0.2) is 8.42 Å². The van der Waals surface area contributed by atoms with E-state index in [9.17, 15) is 8.42 Å². The molecule has 0 N–H and O–H groups in total. The third-order valence-corrected chi connectivity index (χ3v) is 6.79. The Morgan fingerprint density at radius 3 is 2.26 bits per heavy atom. The van der Waals surface area contributed by atoms with Gasteiger partial charge < -0.3 is 4.74 Å². The minimum absolute atomic E-state index is 0.0414. The molecular formula is C25H30N2O3S. The summed E-state index contributed by atoms with van der Waals surface area (Å²) in [6, 6.07) is 18.9. The molecule has 31 heavy (non-hydrogen) atoms. The molecule has 3 aromatic rings. The molecule has 0 saturated carbocycles. The van der Waals surface area contributed by atoms with Crippen LogP contribution in [0.15, 0.2) is 78.0 Å². The first-order valence-corrected chi connectivity index (χ1v) is 11.9. The van der Waals surface area contributed by atoms with Crippen LogP contribution in [0.5, 0.6) is 5.75 Å². The Kier molecular flexibility index (Phi) is 7.13. The van der Waals surface area contributed by atoms with Crippen molar-refractivity contribution < 1.29 is 13.2 Å². The molecule has 0 aliphatic carbocycles. The average molecular weight is 439 g/mol. The van der Waals surface area contributed by atoms with Gasteiger partial charge in [-0.05, 0) is 53.3 Å². The number of sulfonamides is 1. The van der Waals surface area contributed by atoms with Gasteiger partial charge in [0.15, 0.2) is 0 Å². The maximum absolute atomic E-state index is 13.4. The third kappa shape index (κ3) is 5.93. The standard InChI is InChI=1S/C25H30N2O3S/c1-5-30-23-9-6-8-21(16-23)19-27(31(28,29)24-10-7-15-26-17-24)18-20-11-13-22(14-12-20)25(2,3)4/h6-17H,5,18-19H2,1-4H3. The molecule has 0 atom stereocenters. The van der Waals surface area contributed by atoms with Gasteiger partial charge in [0.2, 0.25) is 10.0 Å². The molecule has 6 heteroatoms. The molecule has 2 aromatic carbocycles. The summed E-state index contributed by atoms with van der Waals surface area (Å²) in [5, 5.41) is 0. The van der Waals surface area contributed by atoms with Gasteiger partial charge in [0.05, 0.1) is 6.61 Å². The van der Waals surface area contributed by atoms with E-state index in [1.54, 1.807) is 18.3 Å². The highest BCUT2D eigenvalue weighted by molar-refractivity contribution is 7.89. The van der Waals surface area contributed by atoms with Gasteiger partial charge in [0.1, 0.15) is 10.6 Å². The van der Waals surface area contributed by atoms with Crippen LogP contribution in [0.4, 0.5) is 0 Å². The zero-order valence-corrected chi connectivity index (χ0v) is 19.4. The predicted octanol–water partition coefficient (Wildman–Crippen LogP) is 5.17. The van der Waals surface area contributed by atoms with Crippen LogP contribution in [0.1, 0.15) is 44.4 Å². The van der Waals surface area contributed by atoms with Crippen molar-refractivity contribution in [1.29, 1.82) is 0 Å². The quantitative estimate of drug-likeness (QED) is 0.487. The van der Waals surface area contributed by atoms with E-state index in [0.29, 0.717) is 6.61 Å². The lowest BCUT2D eigenvalue weighted by atomic mass is 9.87. The number of hydrogen-bond acceptors (Lipinski definition) is 4. The van der Waals surface area contributed by atoms with Gasteiger partial charge in [-0.1, -0.05) is 57.2 Å². The van der Waals surface area contributed by atoms with E-state index in [-0.39, 0.29) is 23.4 Å². The lowest BCUT2D eigenvalue weighted by molar-refractivity contribution is 0.338. The fraction of sp³-hybridized carbons (Fsp3) is 0.320. The van der Waals surface area contributed by atoms with E-state index in [4.69, 9.17) is 4.74 Å². The second-order valence-corrected chi connectivity index (χ2v) is 10.4. The van der Waals surface area contributed by atoms with Crippen molar-refractivity contribution in [3.63, 3.8) is 0 Å². The Labute approximate surface area is 185 Å². The summed E-state index contributed by atoms with van der Waals surface area (Å²) in [4.78, 5) is 4.18. The number of nitrogens with zero attached hydrogens (tertiary/aromatic N) is 2. The van der Waals surface area contributed by atoms with Crippen LogP contribution in [0.2, 0.25) is 0 Å². The summed E-state index contributed by atoms with van der Waals surface area (Å²) in [5.41, 5.74) is 3.05. The minimum Gasteiger partial charge on any atom is -0.494 e. The summed E-state index contributed by atoms with van der Waals surface area (Å²) < 4.78 is 33.9. The Morgan fingerprint density at radius 1 is 0.935 bits per heavy atom. The normalized spacial score (nSPS) is 12.2. The van der Waals surface area contributed by atoms with Crippen molar-refractivity contribution in [2.45, 2.75) is 51.1 Å². The zero-order chi connectivity index (χ0) is 22.5. The number of ether oxygens (including phenoxy) is 1. The largest absolute Gasteiger partial charge is 0.494 e. The van der Waals surface area contributed by atoms with E-state index in [1.807, 2.05) is 43.3 Å². The molecule has 0 unspecified atom stereocenters. The van der Waals surface area contributed by atoms with Gasteiger partial charge in [0.25, 0.3) is 0 Å². The van der Waals surface area contributed by atoms with Crippen LogP contribution in [0, 0.1) is 0 Å². The molecule has 0 aliphatic rings. The van der Waals surface area contributed by atoms with Crippen molar-refractivity contribution in [1.82, 2.24) is 9.29 Å². The highest BCUT2D eigenvalue weighted by atomic mass is 32.2. The van der Waals surface area contributed by atoms with Crippen molar-refractivity contribution in [3.05, 3.63) is 89.7 Å². The highest BCUT2D eigenvalue weighted by Crippen LogP contribution is 2.25. The first-order chi connectivity index (χ1) is 14.7. The number of pyridine rings is 1. The maximum atomic E-state index is 13.4. The smallest absolute Gasteiger partial charge is 0.245 e. The van der Waals surface area contributed by atoms with E-state index < -0.39 is 10.0 Å². The summed E-state index contributed by atoms with van der Waals surface area (Å²) in [7, 11) is -3.73. The summed E-state index contributed by atoms with van der Waals surface area (Å²) in [6.45, 7) is 9.46. The van der Waals surface area contributed by atoms with Crippen LogP contribution in [-0.2, 0) is 28.5 Å². The molecule has 164 valence electrons. The monoisotopic (exact) mass is 438 g/mol. The molecule has 0 fully saturated rings. The average Bonchev–Trinajstić information content (AvgIpc) is 2.74. The van der Waals surface area contributed by atoms with Gasteiger partial charge in [-0.3, -0.25) is 4.98 Å². The first-order valence-electron chi connectivity index (χ1n) is 10.4. The summed E-state index contributed by atoms with van der Waals surface area (Å²) in [5.74, 6) is 0.730. The second-order valence-electron chi connectivity index (χ2n) is 8.49. The zero-order valence-electron chi connectivity index (χ0n) is 18.6. The fourth-order valence-electron chi connectivity index (χ4n) is 3.29. The van der Waals surface area contributed by atoms with Gasteiger partial charge in [-0.15, -0.1) is 0 Å². The lowest BCUT2D eigenvalue weighted by Gasteiger charge is -2.24. The van der Waals surface area contributed by atoms with Crippen molar-refractivity contribution in [3.8, 4) is 5.75 Å². The van der Waals surface area contributed by atoms with Crippen molar-refractivity contribution in [2.75, 3.05) is 6.61 Å². The van der Waals surface area contributed by atoms with Crippen LogP contribution < -0.4 is 4.74 Å². The topological polar surface area (TPSA) is 59.5 Å². The summed E-state index contributed by atoms with van der Waals surface area (Å²) in [6.07, 6.45) is 2.96. The molecule has 0 bridgehead atoms. The van der Waals surface area contributed by atoms with E-state index in [1.165, 1.54) is 16.1 Å². The molecule has 1 heterocycles. The SMILES string of the molecule is CCOc1cccc(CN(Cc2ccc(C(C)(C)C)cc2)S(=O)(=O)c2cccnc2)c1. The van der Waals surface area contributed by atoms with Crippen LogP contribution in [0.25, 0.3) is 0 Å². The molecule has 5 nitrogen and oxygen atoms in total. The summed E-state index contributed by atoms with van der Waals surface area (Å²) >= 11 is 0. The number of aromatic nitrogens is 1. The Morgan fingerprint density at radius 2 is 1.65 bits per heavy atom. The third-order valence-electron chi connectivity index (χ3n) is 5.02.